The van der Waals surface area contributed by atoms with Crippen LogP contribution in [-0.2, 0) is 19.4 Å². The minimum atomic E-state index is -5.03. The molecule has 0 aromatic carbocycles. The van der Waals surface area contributed by atoms with Crippen LogP contribution in [0.25, 0.3) is 0 Å². The fraction of sp³-hybridized carbons (Fsp3) is 0.500. The Balaban J connectivity index is 4.99. The topological polar surface area (TPSA) is 149 Å². The maximum Gasteiger partial charge on any atom is 0.348 e. The minimum absolute atomic E-state index is 2.15. The zero-order chi connectivity index (χ0) is 10.8. The van der Waals surface area contributed by atoms with Crippen LogP contribution in [-0.4, -0.2) is 51.7 Å². The SMILES string of the molecule is O=C(O)C(O)S(=O)(=O)C(O)C(=O)O. The molecule has 76 valence electrons. The van der Waals surface area contributed by atoms with E-state index in [0.717, 1.165) is 0 Å². The molecule has 9 heteroatoms. The number of aliphatic hydroxyl groups excluding tert-OH is 2. The normalized spacial score (nSPS) is 16.2. The largest absolute Gasteiger partial charge is 0.479 e. The molecule has 0 saturated carbocycles. The number of aliphatic carboxylic acids is 2. The molecule has 0 rings (SSSR count). The van der Waals surface area contributed by atoms with Gasteiger partial charge in [-0.3, -0.25) is 0 Å². The first kappa shape index (κ1) is 11.8. The molecule has 0 radical (unpaired) electrons. The zero-order valence-corrected chi connectivity index (χ0v) is 6.80. The Bertz CT molecular complexity index is 289. The Kier molecular flexibility index (Phi) is 3.34. The first-order valence-electron chi connectivity index (χ1n) is 2.75. The summed E-state index contributed by atoms with van der Waals surface area (Å²) in [6.07, 6.45) is 0. The molecule has 0 bridgehead atoms. The van der Waals surface area contributed by atoms with E-state index in [9.17, 15) is 18.0 Å². The summed E-state index contributed by atoms with van der Waals surface area (Å²) in [7, 11) is -5.03. The first-order valence-corrected chi connectivity index (χ1v) is 4.36. The lowest BCUT2D eigenvalue weighted by Crippen LogP contribution is -2.41. The predicted octanol–water partition coefficient (Wildman–Crippen LogP) is -2.79. The molecule has 0 amide bonds. The summed E-state index contributed by atoms with van der Waals surface area (Å²) in [6, 6.07) is 0. The number of hydrogen-bond donors (Lipinski definition) is 4. The van der Waals surface area contributed by atoms with Gasteiger partial charge in [-0.25, -0.2) is 18.0 Å². The molecule has 0 aromatic heterocycles. The Morgan fingerprint density at radius 2 is 1.15 bits per heavy atom. The maximum atomic E-state index is 10.7. The van der Waals surface area contributed by atoms with E-state index in [1.54, 1.807) is 0 Å². The quantitative estimate of drug-likeness (QED) is 0.392. The monoisotopic (exact) mass is 214 g/mol. The van der Waals surface area contributed by atoms with Crippen LogP contribution in [0.5, 0.6) is 0 Å². The molecule has 0 saturated heterocycles. The van der Waals surface area contributed by atoms with E-state index >= 15 is 0 Å². The van der Waals surface area contributed by atoms with Gasteiger partial charge in [0.1, 0.15) is 0 Å². The Labute approximate surface area is 72.0 Å². The number of carbonyl (C=O) groups is 2. The number of aliphatic hydroxyl groups is 2. The smallest absolute Gasteiger partial charge is 0.348 e. The van der Waals surface area contributed by atoms with Crippen molar-refractivity contribution in [3.63, 3.8) is 0 Å². The predicted molar refractivity (Wildman–Crippen MR) is 36.2 cm³/mol. The minimum Gasteiger partial charge on any atom is -0.479 e. The van der Waals surface area contributed by atoms with Crippen molar-refractivity contribution < 1.29 is 38.4 Å². The maximum absolute atomic E-state index is 10.7. The summed E-state index contributed by atoms with van der Waals surface area (Å²) in [5, 5.41) is 33.0. The highest BCUT2D eigenvalue weighted by Gasteiger charge is 2.40. The number of sulfone groups is 1. The standard InChI is InChI=1S/C4H6O8S/c5-1(6)3(9)13(11,12)4(10)2(7)8/h3-4,9-10H,(H,5,6)(H,7,8). The van der Waals surface area contributed by atoms with Crippen molar-refractivity contribution in [1.29, 1.82) is 0 Å². The van der Waals surface area contributed by atoms with Crippen molar-refractivity contribution in [2.24, 2.45) is 0 Å². The highest BCUT2D eigenvalue weighted by Crippen LogP contribution is 2.05. The van der Waals surface area contributed by atoms with E-state index in [-0.39, 0.29) is 0 Å². The average molecular weight is 214 g/mol. The van der Waals surface area contributed by atoms with E-state index in [4.69, 9.17) is 20.4 Å². The lowest BCUT2D eigenvalue weighted by atomic mass is 10.7. The second-order valence-corrected chi connectivity index (χ2v) is 4.04. The fourth-order valence-corrected chi connectivity index (χ4v) is 1.21. The molecule has 0 aromatic rings. The third kappa shape index (κ3) is 2.37. The number of rotatable bonds is 4. The van der Waals surface area contributed by atoms with Crippen LogP contribution < -0.4 is 0 Å². The van der Waals surface area contributed by atoms with Gasteiger partial charge in [0.15, 0.2) is 0 Å². The third-order valence-corrected chi connectivity index (χ3v) is 2.69. The van der Waals surface area contributed by atoms with Crippen LogP contribution >= 0.6 is 0 Å². The van der Waals surface area contributed by atoms with Gasteiger partial charge in [0, 0.05) is 0 Å². The second-order valence-electron chi connectivity index (χ2n) is 1.97. The van der Waals surface area contributed by atoms with Crippen molar-refractivity contribution in [2.75, 3.05) is 0 Å². The number of carboxylic acid groups (broad SMARTS) is 2. The fourth-order valence-electron chi connectivity index (χ4n) is 0.403. The van der Waals surface area contributed by atoms with Gasteiger partial charge >= 0.3 is 11.9 Å². The molecular weight excluding hydrogens is 208 g/mol. The summed E-state index contributed by atoms with van der Waals surface area (Å²) in [4.78, 5) is 19.9. The number of carboxylic acids is 2. The lowest BCUT2D eigenvalue weighted by Gasteiger charge is -2.09. The van der Waals surface area contributed by atoms with E-state index in [1.807, 2.05) is 0 Å². The summed E-state index contributed by atoms with van der Waals surface area (Å²) in [5.41, 5.74) is -5.89. The zero-order valence-electron chi connectivity index (χ0n) is 5.98. The molecule has 0 aliphatic rings. The van der Waals surface area contributed by atoms with Crippen LogP contribution in [0.4, 0.5) is 0 Å². The average Bonchev–Trinajstić information content (AvgIpc) is 2.01. The lowest BCUT2D eigenvalue weighted by molar-refractivity contribution is -0.143. The Morgan fingerprint density at radius 1 is 0.923 bits per heavy atom. The van der Waals surface area contributed by atoms with Crippen molar-refractivity contribution in [3.8, 4) is 0 Å². The molecule has 13 heavy (non-hydrogen) atoms. The van der Waals surface area contributed by atoms with E-state index in [2.05, 4.69) is 0 Å². The van der Waals surface area contributed by atoms with Gasteiger partial charge in [-0.1, -0.05) is 0 Å². The molecule has 0 aliphatic heterocycles. The van der Waals surface area contributed by atoms with Gasteiger partial charge in [0.05, 0.1) is 0 Å². The van der Waals surface area contributed by atoms with Gasteiger partial charge in [0.25, 0.3) is 10.9 Å². The second kappa shape index (κ2) is 3.68. The highest BCUT2D eigenvalue weighted by atomic mass is 32.2. The Morgan fingerprint density at radius 3 is 1.31 bits per heavy atom. The summed E-state index contributed by atoms with van der Waals surface area (Å²) in [5.74, 6) is -4.30. The van der Waals surface area contributed by atoms with Crippen molar-refractivity contribution >= 4 is 21.8 Å². The van der Waals surface area contributed by atoms with Gasteiger partial charge in [-0.15, -0.1) is 0 Å². The van der Waals surface area contributed by atoms with Crippen LogP contribution in [0.2, 0.25) is 0 Å². The first-order chi connectivity index (χ1) is 5.71. The van der Waals surface area contributed by atoms with E-state index in [1.165, 1.54) is 0 Å². The summed E-state index contributed by atoms with van der Waals surface area (Å²) < 4.78 is 21.3. The van der Waals surface area contributed by atoms with Gasteiger partial charge in [0.2, 0.25) is 9.84 Å². The molecule has 2 atom stereocenters. The van der Waals surface area contributed by atoms with E-state index in [0.29, 0.717) is 0 Å². The van der Waals surface area contributed by atoms with Crippen LogP contribution in [0.3, 0.4) is 0 Å². The molecule has 2 unspecified atom stereocenters. The number of hydrogen-bond acceptors (Lipinski definition) is 6. The molecule has 0 heterocycles. The van der Waals surface area contributed by atoms with E-state index < -0.39 is 32.6 Å². The van der Waals surface area contributed by atoms with Gasteiger partial charge < -0.3 is 20.4 Å². The highest BCUT2D eigenvalue weighted by molar-refractivity contribution is 7.93. The van der Waals surface area contributed by atoms with Crippen molar-refractivity contribution in [2.45, 2.75) is 10.9 Å². The van der Waals surface area contributed by atoms with Crippen LogP contribution in [0.15, 0.2) is 0 Å². The Hall–Kier alpha value is -1.19. The van der Waals surface area contributed by atoms with Crippen LogP contribution in [0, 0.1) is 0 Å². The molecule has 8 nitrogen and oxygen atoms in total. The molecule has 4 N–H and O–H groups in total. The van der Waals surface area contributed by atoms with Crippen molar-refractivity contribution in [1.82, 2.24) is 0 Å². The molecule has 0 aliphatic carbocycles. The molecule has 0 spiro atoms. The summed E-state index contributed by atoms with van der Waals surface area (Å²) >= 11 is 0. The molecule has 0 fully saturated rings. The van der Waals surface area contributed by atoms with Crippen molar-refractivity contribution in [3.05, 3.63) is 0 Å². The summed E-state index contributed by atoms with van der Waals surface area (Å²) in [6.45, 7) is 0. The third-order valence-electron chi connectivity index (χ3n) is 1.04. The van der Waals surface area contributed by atoms with Crippen LogP contribution in [0.1, 0.15) is 0 Å². The van der Waals surface area contributed by atoms with Gasteiger partial charge in [-0.2, -0.15) is 0 Å². The molecular formula is C4H6O8S. The van der Waals surface area contributed by atoms with Gasteiger partial charge in [-0.05, 0) is 0 Å².